The van der Waals surface area contributed by atoms with E-state index in [0.717, 1.165) is 22.4 Å². The van der Waals surface area contributed by atoms with Gasteiger partial charge in [-0.3, -0.25) is 4.79 Å². The maximum atomic E-state index is 13.4. The second-order valence-corrected chi connectivity index (χ2v) is 7.45. The summed E-state index contributed by atoms with van der Waals surface area (Å²) in [7, 11) is 0. The molecule has 2 heteroatoms. The number of hydrogen-bond donors (Lipinski definition) is 0. The molecule has 0 heterocycles. The van der Waals surface area contributed by atoms with E-state index >= 15 is 0 Å². The monoisotopic (exact) mass is 392 g/mol. The predicted octanol–water partition coefficient (Wildman–Crippen LogP) is 6.92. The average molecular weight is 392 g/mol. The minimum absolute atomic E-state index is 0.0288. The summed E-state index contributed by atoms with van der Waals surface area (Å²) in [5.74, 6) is 1.33. The van der Waals surface area contributed by atoms with Crippen LogP contribution in [0.5, 0.6) is 11.5 Å². The lowest BCUT2D eigenvalue weighted by molar-refractivity contribution is 0.103. The van der Waals surface area contributed by atoms with Crippen molar-refractivity contribution in [1.82, 2.24) is 0 Å². The van der Waals surface area contributed by atoms with Crippen LogP contribution >= 0.6 is 0 Å². The third kappa shape index (κ3) is 4.18. The number of benzene rings is 4. The lowest BCUT2D eigenvalue weighted by Crippen LogP contribution is -2.09. The Kier molecular flexibility index (Phi) is 5.76. The highest BCUT2D eigenvalue weighted by atomic mass is 16.5. The van der Waals surface area contributed by atoms with Crippen molar-refractivity contribution in [3.63, 3.8) is 0 Å². The molecule has 4 aromatic rings. The van der Waals surface area contributed by atoms with Crippen molar-refractivity contribution in [3.8, 4) is 11.5 Å². The van der Waals surface area contributed by atoms with E-state index in [0.29, 0.717) is 23.3 Å². The third-order valence-corrected chi connectivity index (χ3v) is 5.39. The predicted molar refractivity (Wildman–Crippen MR) is 122 cm³/mol. The Morgan fingerprint density at radius 2 is 1.33 bits per heavy atom. The van der Waals surface area contributed by atoms with E-state index in [9.17, 15) is 4.79 Å². The van der Waals surface area contributed by atoms with Crippen LogP contribution < -0.4 is 4.74 Å². The number of ketones is 1. The molecular weight excluding hydrogens is 368 g/mol. The van der Waals surface area contributed by atoms with Crippen LogP contribution in [0.2, 0.25) is 0 Å². The number of aryl methyl sites for hydroxylation is 1. The molecule has 0 aliphatic carbocycles. The molecule has 0 spiro atoms. The normalized spacial score (nSPS) is 10.6. The molecule has 2 nitrogen and oxygen atoms in total. The van der Waals surface area contributed by atoms with Crippen LogP contribution in [0.25, 0.3) is 0 Å². The Morgan fingerprint density at radius 1 is 0.767 bits per heavy atom. The highest BCUT2D eigenvalue weighted by Crippen LogP contribution is 2.36. The molecule has 0 saturated carbocycles. The van der Waals surface area contributed by atoms with Gasteiger partial charge in [-0.25, -0.2) is 0 Å². The van der Waals surface area contributed by atoms with Gasteiger partial charge >= 0.3 is 0 Å². The quantitative estimate of drug-likeness (QED) is 0.333. The molecule has 4 aromatic carbocycles. The van der Waals surface area contributed by atoms with Crippen LogP contribution in [0.4, 0.5) is 0 Å². The van der Waals surface area contributed by atoms with Crippen LogP contribution in [-0.2, 0) is 6.42 Å². The fraction of sp³-hybridized carbons (Fsp3) is 0.107. The van der Waals surface area contributed by atoms with E-state index < -0.39 is 0 Å². The van der Waals surface area contributed by atoms with Crippen LogP contribution in [0, 0.1) is 13.8 Å². The Hall–Kier alpha value is -3.65. The standard InChI is InChI=1S/C28H24O2/c1-20-18-26(27(29)23-14-8-4-9-15-23)28(30-24-16-10-5-11-17-24)25(21(20)2)19-22-12-6-3-7-13-22/h3-18H,19H2,1-2H3. The molecule has 0 saturated heterocycles. The summed E-state index contributed by atoms with van der Waals surface area (Å²) in [5, 5.41) is 0. The Labute approximate surface area is 177 Å². The molecule has 0 aliphatic heterocycles. The van der Waals surface area contributed by atoms with Crippen molar-refractivity contribution < 1.29 is 9.53 Å². The van der Waals surface area contributed by atoms with Gasteiger partial charge in [-0.15, -0.1) is 0 Å². The van der Waals surface area contributed by atoms with Crippen LogP contribution in [0.3, 0.4) is 0 Å². The molecule has 0 atom stereocenters. The zero-order chi connectivity index (χ0) is 20.9. The first kappa shape index (κ1) is 19.7. The molecule has 30 heavy (non-hydrogen) atoms. The Bertz CT molecular complexity index is 1150. The molecule has 0 N–H and O–H groups in total. The van der Waals surface area contributed by atoms with Gasteiger partial charge < -0.3 is 4.74 Å². The molecule has 0 aromatic heterocycles. The van der Waals surface area contributed by atoms with E-state index in [1.54, 1.807) is 0 Å². The minimum atomic E-state index is -0.0288. The summed E-state index contributed by atoms with van der Waals surface area (Å²) < 4.78 is 6.37. The molecule has 0 radical (unpaired) electrons. The summed E-state index contributed by atoms with van der Waals surface area (Å²) in [4.78, 5) is 13.4. The minimum Gasteiger partial charge on any atom is -0.456 e. The van der Waals surface area contributed by atoms with Crippen molar-refractivity contribution in [3.05, 3.63) is 130 Å². The first-order valence-electron chi connectivity index (χ1n) is 10.1. The number of carbonyl (C=O) groups excluding carboxylic acids is 1. The van der Waals surface area contributed by atoms with E-state index in [1.807, 2.05) is 84.9 Å². The Morgan fingerprint density at radius 3 is 1.97 bits per heavy atom. The fourth-order valence-electron chi connectivity index (χ4n) is 3.61. The number of carbonyl (C=O) groups is 1. The zero-order valence-corrected chi connectivity index (χ0v) is 17.3. The van der Waals surface area contributed by atoms with Gasteiger partial charge in [0.2, 0.25) is 0 Å². The maximum absolute atomic E-state index is 13.4. The molecule has 0 amide bonds. The molecule has 4 rings (SSSR count). The van der Waals surface area contributed by atoms with Gasteiger partial charge in [0.15, 0.2) is 5.78 Å². The fourth-order valence-corrected chi connectivity index (χ4v) is 3.61. The lowest BCUT2D eigenvalue weighted by Gasteiger charge is -2.20. The van der Waals surface area contributed by atoms with Crippen molar-refractivity contribution in [1.29, 1.82) is 0 Å². The third-order valence-electron chi connectivity index (χ3n) is 5.39. The van der Waals surface area contributed by atoms with E-state index in [1.165, 1.54) is 5.56 Å². The summed E-state index contributed by atoms with van der Waals surface area (Å²) >= 11 is 0. The number of hydrogen-bond acceptors (Lipinski definition) is 2. The number of para-hydroxylation sites is 1. The first-order chi connectivity index (χ1) is 14.6. The largest absolute Gasteiger partial charge is 0.456 e. The lowest BCUT2D eigenvalue weighted by atomic mass is 9.90. The summed E-state index contributed by atoms with van der Waals surface area (Å²) in [5.41, 5.74) is 5.71. The van der Waals surface area contributed by atoms with Gasteiger partial charge in [-0.1, -0.05) is 78.9 Å². The van der Waals surface area contributed by atoms with Gasteiger partial charge in [-0.05, 0) is 48.7 Å². The van der Waals surface area contributed by atoms with Crippen LogP contribution in [0.1, 0.15) is 38.2 Å². The van der Waals surface area contributed by atoms with Gasteiger partial charge in [0, 0.05) is 17.5 Å². The molecule has 0 fully saturated rings. The summed E-state index contributed by atoms with van der Waals surface area (Å²) in [6, 6.07) is 31.3. The summed E-state index contributed by atoms with van der Waals surface area (Å²) in [6.45, 7) is 4.15. The van der Waals surface area contributed by atoms with Gasteiger partial charge in [0.1, 0.15) is 11.5 Å². The maximum Gasteiger partial charge on any atom is 0.196 e. The number of rotatable bonds is 6. The van der Waals surface area contributed by atoms with Crippen molar-refractivity contribution in [2.75, 3.05) is 0 Å². The van der Waals surface area contributed by atoms with Crippen molar-refractivity contribution in [2.24, 2.45) is 0 Å². The van der Waals surface area contributed by atoms with Crippen molar-refractivity contribution in [2.45, 2.75) is 20.3 Å². The molecule has 0 aliphatic rings. The first-order valence-corrected chi connectivity index (χ1v) is 10.1. The van der Waals surface area contributed by atoms with Gasteiger partial charge in [0.05, 0.1) is 5.56 Å². The molecular formula is C28H24O2. The van der Waals surface area contributed by atoms with Gasteiger partial charge in [-0.2, -0.15) is 0 Å². The highest BCUT2D eigenvalue weighted by molar-refractivity contribution is 6.11. The second kappa shape index (κ2) is 8.79. The van der Waals surface area contributed by atoms with Crippen molar-refractivity contribution >= 4 is 5.78 Å². The van der Waals surface area contributed by atoms with Crippen LogP contribution in [-0.4, -0.2) is 5.78 Å². The average Bonchev–Trinajstić information content (AvgIpc) is 2.80. The summed E-state index contributed by atoms with van der Waals surface area (Å²) in [6.07, 6.45) is 0.700. The molecule has 148 valence electrons. The zero-order valence-electron chi connectivity index (χ0n) is 17.3. The topological polar surface area (TPSA) is 26.3 Å². The molecule has 0 unspecified atom stereocenters. The second-order valence-electron chi connectivity index (χ2n) is 7.45. The van der Waals surface area contributed by atoms with E-state index in [2.05, 4.69) is 26.0 Å². The van der Waals surface area contributed by atoms with Gasteiger partial charge in [0.25, 0.3) is 0 Å². The van der Waals surface area contributed by atoms with E-state index in [4.69, 9.17) is 4.74 Å². The highest BCUT2D eigenvalue weighted by Gasteiger charge is 2.22. The van der Waals surface area contributed by atoms with E-state index in [-0.39, 0.29) is 5.78 Å². The smallest absolute Gasteiger partial charge is 0.196 e. The molecule has 0 bridgehead atoms. The Balaban J connectivity index is 1.89. The SMILES string of the molecule is Cc1cc(C(=O)c2ccccc2)c(Oc2ccccc2)c(Cc2ccccc2)c1C. The number of ether oxygens (including phenoxy) is 1. The van der Waals surface area contributed by atoms with Crippen LogP contribution in [0.15, 0.2) is 97.1 Å².